The predicted molar refractivity (Wildman–Crippen MR) is 77.3 cm³/mol. The van der Waals surface area contributed by atoms with Gasteiger partial charge in [-0.2, -0.15) is 0 Å². The Hall–Kier alpha value is -3.36. The minimum absolute atomic E-state index is 0.0378. The van der Waals surface area contributed by atoms with Crippen LogP contribution >= 0.6 is 0 Å². The summed E-state index contributed by atoms with van der Waals surface area (Å²) in [5.74, 6) is 0.824. The molecule has 0 spiro atoms. The highest BCUT2D eigenvalue weighted by Crippen LogP contribution is 2.32. The van der Waals surface area contributed by atoms with Gasteiger partial charge in [-0.25, -0.2) is 0 Å². The molecule has 1 N–H and O–H groups in total. The molecule has 2 aromatic heterocycles. The van der Waals surface area contributed by atoms with Gasteiger partial charge in [0.05, 0.1) is 20.4 Å². The van der Waals surface area contributed by atoms with Gasteiger partial charge in [-0.3, -0.25) is 10.1 Å². The van der Waals surface area contributed by atoms with Crippen molar-refractivity contribution in [1.82, 2.24) is 15.4 Å². The van der Waals surface area contributed by atoms with E-state index in [0.717, 1.165) is 0 Å². The van der Waals surface area contributed by atoms with Crippen molar-refractivity contribution in [3.05, 3.63) is 36.2 Å². The van der Waals surface area contributed by atoms with Gasteiger partial charge in [-0.1, -0.05) is 10.3 Å². The highest BCUT2D eigenvalue weighted by Gasteiger charge is 2.16. The van der Waals surface area contributed by atoms with Crippen molar-refractivity contribution in [2.45, 2.75) is 0 Å². The average Bonchev–Trinajstić information content (AvgIpc) is 3.25. The summed E-state index contributed by atoms with van der Waals surface area (Å²) >= 11 is 0. The molecule has 9 nitrogen and oxygen atoms in total. The van der Waals surface area contributed by atoms with Gasteiger partial charge in [-0.05, 0) is 18.2 Å². The van der Waals surface area contributed by atoms with Crippen molar-refractivity contribution in [3.8, 4) is 23.0 Å². The fourth-order valence-corrected chi connectivity index (χ4v) is 1.85. The first-order valence-corrected chi connectivity index (χ1v) is 6.49. The van der Waals surface area contributed by atoms with E-state index in [0.29, 0.717) is 17.1 Å². The van der Waals surface area contributed by atoms with Crippen LogP contribution in [-0.4, -0.2) is 35.5 Å². The number of benzene rings is 1. The molecule has 1 amide bonds. The van der Waals surface area contributed by atoms with E-state index in [1.165, 1.54) is 19.4 Å². The van der Waals surface area contributed by atoms with Crippen molar-refractivity contribution in [2.75, 3.05) is 19.5 Å². The summed E-state index contributed by atoms with van der Waals surface area (Å²) in [5.41, 5.74) is 0.621. The van der Waals surface area contributed by atoms with Crippen LogP contribution in [0.4, 0.5) is 6.01 Å². The molecular formula is C14H12N4O5. The van der Waals surface area contributed by atoms with E-state index in [9.17, 15) is 4.79 Å². The summed E-state index contributed by atoms with van der Waals surface area (Å²) in [6.45, 7) is 0. The van der Waals surface area contributed by atoms with E-state index in [2.05, 4.69) is 20.7 Å². The second kappa shape index (κ2) is 6.18. The quantitative estimate of drug-likeness (QED) is 0.760. The summed E-state index contributed by atoms with van der Waals surface area (Å²) in [5, 5.41) is 13.5. The maximum absolute atomic E-state index is 11.8. The molecular weight excluding hydrogens is 304 g/mol. The van der Waals surface area contributed by atoms with E-state index >= 15 is 0 Å². The van der Waals surface area contributed by atoms with Crippen molar-refractivity contribution in [3.63, 3.8) is 0 Å². The molecule has 1 aromatic carbocycles. The van der Waals surface area contributed by atoms with Gasteiger partial charge in [0.15, 0.2) is 11.5 Å². The third kappa shape index (κ3) is 2.98. The lowest BCUT2D eigenvalue weighted by molar-refractivity contribution is 0.0985. The lowest BCUT2D eigenvalue weighted by Crippen LogP contribution is -2.11. The summed E-state index contributed by atoms with van der Waals surface area (Å²) in [7, 11) is 3.07. The zero-order valence-electron chi connectivity index (χ0n) is 12.3. The van der Waals surface area contributed by atoms with Crippen LogP contribution in [0.5, 0.6) is 11.5 Å². The monoisotopic (exact) mass is 316 g/mol. The Bertz CT molecular complexity index is 812. The number of anilines is 1. The van der Waals surface area contributed by atoms with Gasteiger partial charge in [0.1, 0.15) is 0 Å². The Morgan fingerprint density at radius 2 is 1.96 bits per heavy atom. The number of nitrogens with one attached hydrogen (secondary N) is 1. The van der Waals surface area contributed by atoms with E-state index in [1.807, 2.05) is 0 Å². The van der Waals surface area contributed by atoms with Crippen LogP contribution in [-0.2, 0) is 0 Å². The molecule has 23 heavy (non-hydrogen) atoms. The standard InChI is InChI=1S/C14H12N4O5/c1-20-9-4-3-8(7-11(9)21-2)13-17-18-14(22-13)16-12(19)10-5-6-15-23-10/h3-7H,1-2H3,(H,16,18,19). The molecule has 118 valence electrons. The Morgan fingerprint density at radius 3 is 2.65 bits per heavy atom. The highest BCUT2D eigenvalue weighted by molar-refractivity contribution is 6.00. The number of carbonyl (C=O) groups is 1. The third-order valence-electron chi connectivity index (χ3n) is 2.94. The predicted octanol–water partition coefficient (Wildman–Crippen LogP) is 1.99. The lowest BCUT2D eigenvalue weighted by atomic mass is 10.2. The minimum atomic E-state index is -0.537. The van der Waals surface area contributed by atoms with Crippen molar-refractivity contribution in [1.29, 1.82) is 0 Å². The van der Waals surface area contributed by atoms with Gasteiger partial charge in [0.2, 0.25) is 11.7 Å². The number of nitrogens with zero attached hydrogens (tertiary/aromatic N) is 3. The molecule has 2 heterocycles. The van der Waals surface area contributed by atoms with Gasteiger partial charge in [0, 0.05) is 11.6 Å². The lowest BCUT2D eigenvalue weighted by Gasteiger charge is -2.07. The molecule has 0 saturated carbocycles. The van der Waals surface area contributed by atoms with Crippen LogP contribution in [0.2, 0.25) is 0 Å². The van der Waals surface area contributed by atoms with Gasteiger partial charge >= 0.3 is 6.01 Å². The number of amides is 1. The zero-order valence-corrected chi connectivity index (χ0v) is 12.3. The molecule has 0 unspecified atom stereocenters. The normalized spacial score (nSPS) is 10.3. The summed E-state index contributed by atoms with van der Waals surface area (Å²) in [6, 6.07) is 6.49. The molecule has 3 aromatic rings. The molecule has 0 aliphatic carbocycles. The number of hydrogen-bond acceptors (Lipinski definition) is 8. The Labute approximate surface area is 130 Å². The molecule has 0 bridgehead atoms. The van der Waals surface area contributed by atoms with Crippen LogP contribution in [0.1, 0.15) is 10.6 Å². The Morgan fingerprint density at radius 1 is 1.13 bits per heavy atom. The first-order valence-electron chi connectivity index (χ1n) is 6.49. The van der Waals surface area contributed by atoms with Crippen molar-refractivity contribution >= 4 is 11.9 Å². The first-order chi connectivity index (χ1) is 11.2. The third-order valence-corrected chi connectivity index (χ3v) is 2.94. The van der Waals surface area contributed by atoms with Crippen molar-refractivity contribution < 1.29 is 23.2 Å². The van der Waals surface area contributed by atoms with Crippen LogP contribution in [0.15, 0.2) is 39.4 Å². The molecule has 3 rings (SSSR count). The number of methoxy groups -OCH3 is 2. The summed E-state index contributed by atoms with van der Waals surface area (Å²) < 4.78 is 20.5. The van der Waals surface area contributed by atoms with Crippen LogP contribution in [0.25, 0.3) is 11.5 Å². The first kappa shape index (κ1) is 14.6. The van der Waals surface area contributed by atoms with Gasteiger partial charge < -0.3 is 18.4 Å². The summed E-state index contributed by atoms with van der Waals surface area (Å²) in [6.07, 6.45) is 1.36. The van der Waals surface area contributed by atoms with Crippen molar-refractivity contribution in [2.24, 2.45) is 0 Å². The largest absolute Gasteiger partial charge is 0.493 e. The minimum Gasteiger partial charge on any atom is -0.493 e. The number of hydrogen-bond donors (Lipinski definition) is 1. The molecule has 0 aliphatic rings. The van der Waals surface area contributed by atoms with Crippen LogP contribution < -0.4 is 14.8 Å². The average molecular weight is 316 g/mol. The van der Waals surface area contributed by atoms with Gasteiger partial charge in [0.25, 0.3) is 5.91 Å². The number of ether oxygens (including phenoxy) is 2. The Balaban J connectivity index is 1.80. The van der Waals surface area contributed by atoms with E-state index in [4.69, 9.17) is 18.4 Å². The van der Waals surface area contributed by atoms with Gasteiger partial charge in [-0.15, -0.1) is 5.10 Å². The molecule has 9 heteroatoms. The van der Waals surface area contributed by atoms with E-state index < -0.39 is 5.91 Å². The molecule has 0 aliphatic heterocycles. The Kier molecular flexibility index (Phi) is 3.91. The fraction of sp³-hybridized carbons (Fsp3) is 0.143. The number of rotatable bonds is 5. The molecule has 0 radical (unpaired) electrons. The maximum atomic E-state index is 11.8. The van der Waals surface area contributed by atoms with Crippen LogP contribution in [0, 0.1) is 0 Å². The molecule has 0 atom stereocenters. The number of carbonyl (C=O) groups excluding carboxylic acids is 1. The van der Waals surface area contributed by atoms with E-state index in [-0.39, 0.29) is 17.7 Å². The molecule has 0 fully saturated rings. The fourth-order valence-electron chi connectivity index (χ4n) is 1.85. The SMILES string of the molecule is COc1ccc(-c2nnc(NC(=O)c3ccno3)o2)cc1OC. The second-order valence-corrected chi connectivity index (χ2v) is 4.31. The van der Waals surface area contributed by atoms with E-state index in [1.54, 1.807) is 25.3 Å². The highest BCUT2D eigenvalue weighted by atomic mass is 16.5. The van der Waals surface area contributed by atoms with Crippen LogP contribution in [0.3, 0.4) is 0 Å². The zero-order chi connectivity index (χ0) is 16.2. The maximum Gasteiger partial charge on any atom is 0.322 e. The topological polar surface area (TPSA) is 113 Å². The summed E-state index contributed by atoms with van der Waals surface area (Å²) in [4.78, 5) is 11.8. The number of aromatic nitrogens is 3. The second-order valence-electron chi connectivity index (χ2n) is 4.31. The molecule has 0 saturated heterocycles. The smallest absolute Gasteiger partial charge is 0.322 e.